The van der Waals surface area contributed by atoms with Crippen molar-refractivity contribution in [3.8, 4) is 0 Å². The van der Waals surface area contributed by atoms with E-state index >= 15 is 0 Å². The Kier molecular flexibility index (Phi) is 3.91. The lowest BCUT2D eigenvalue weighted by Crippen LogP contribution is -2.24. The molecular weight excluding hydrogens is 291 g/mol. The molecule has 0 fully saturated rings. The zero-order valence-corrected chi connectivity index (χ0v) is 13.6. The van der Waals surface area contributed by atoms with Crippen molar-refractivity contribution in [1.29, 1.82) is 0 Å². The first-order valence-corrected chi connectivity index (χ1v) is 8.97. The summed E-state index contributed by atoms with van der Waals surface area (Å²) in [5, 5.41) is 0. The molecule has 3 nitrogen and oxygen atoms in total. The molecule has 2 heterocycles. The molecule has 0 amide bonds. The van der Waals surface area contributed by atoms with Gasteiger partial charge in [0.25, 0.3) is 0 Å². The summed E-state index contributed by atoms with van der Waals surface area (Å²) in [5.41, 5.74) is 2.72. The van der Waals surface area contributed by atoms with E-state index in [1.54, 1.807) is 0 Å². The summed E-state index contributed by atoms with van der Waals surface area (Å²) in [7, 11) is 1.04. The number of hydrogen-bond acceptors (Lipinski definition) is 1. The van der Waals surface area contributed by atoms with E-state index in [0.717, 1.165) is 16.4 Å². The summed E-state index contributed by atoms with van der Waals surface area (Å²) in [6.45, 7) is 0. The minimum Gasteiger partial charge on any atom is -0.348 e. The molecule has 0 unspecified atom stereocenters. The highest BCUT2D eigenvalue weighted by atomic mass is 31.2. The van der Waals surface area contributed by atoms with Crippen LogP contribution in [0.3, 0.4) is 0 Å². The predicted molar refractivity (Wildman–Crippen MR) is 93.2 cm³/mol. The van der Waals surface area contributed by atoms with Crippen molar-refractivity contribution in [1.82, 2.24) is 9.13 Å². The topological polar surface area (TPSA) is 26.9 Å². The van der Waals surface area contributed by atoms with Gasteiger partial charge in [-0.25, -0.2) is 0 Å². The summed E-state index contributed by atoms with van der Waals surface area (Å²) in [4.78, 5) is 0. The van der Waals surface area contributed by atoms with Gasteiger partial charge in [-0.05, 0) is 35.6 Å². The quantitative estimate of drug-likeness (QED) is 0.679. The molecule has 2 aromatic heterocycles. The van der Waals surface area contributed by atoms with Gasteiger partial charge in [-0.1, -0.05) is 36.4 Å². The molecule has 0 saturated heterocycles. The Balaban J connectivity index is 2.13. The van der Waals surface area contributed by atoms with Gasteiger partial charge in [0.05, 0.1) is 10.9 Å². The third-order valence-electron chi connectivity index (χ3n) is 3.79. The van der Waals surface area contributed by atoms with Gasteiger partial charge >= 0.3 is 0 Å². The normalized spacial score (nSPS) is 12.1. The molecule has 0 aliphatic carbocycles. The van der Waals surface area contributed by atoms with Crippen molar-refractivity contribution in [3.63, 3.8) is 0 Å². The van der Waals surface area contributed by atoms with Gasteiger partial charge in [0.15, 0.2) is 7.14 Å². The van der Waals surface area contributed by atoms with E-state index in [-0.39, 0.29) is 0 Å². The molecule has 0 atom stereocenters. The number of aryl methyl sites for hydroxylation is 2. The lowest BCUT2D eigenvalue weighted by molar-refractivity contribution is 0.589. The highest BCUT2D eigenvalue weighted by Crippen LogP contribution is 2.45. The van der Waals surface area contributed by atoms with E-state index in [9.17, 15) is 4.57 Å². The molecule has 0 saturated carbocycles. The van der Waals surface area contributed by atoms with Crippen LogP contribution in [0.2, 0.25) is 0 Å². The molecule has 3 rings (SSSR count). The standard InChI is InChI=1S/C18H19N2OP/c1-19-13-6-10-17(19)22(21,18-11-7-14-20(18)2)15-12-16-8-4-3-5-9-16/h3-15H,1-2H3. The number of hydrogen-bond donors (Lipinski definition) is 0. The average molecular weight is 310 g/mol. The van der Waals surface area contributed by atoms with Crippen LogP contribution in [-0.2, 0) is 18.7 Å². The van der Waals surface area contributed by atoms with E-state index in [2.05, 4.69) is 0 Å². The van der Waals surface area contributed by atoms with Gasteiger partial charge in [-0.2, -0.15) is 0 Å². The van der Waals surface area contributed by atoms with Crippen LogP contribution in [0.5, 0.6) is 0 Å². The number of rotatable bonds is 4. The smallest absolute Gasteiger partial charge is 0.195 e. The van der Waals surface area contributed by atoms with Crippen LogP contribution in [0.15, 0.2) is 72.8 Å². The predicted octanol–water partition coefficient (Wildman–Crippen LogP) is 3.35. The zero-order chi connectivity index (χ0) is 15.6. The number of benzene rings is 1. The molecule has 0 aliphatic heterocycles. The first-order chi connectivity index (χ1) is 10.6. The van der Waals surface area contributed by atoms with E-state index in [4.69, 9.17) is 0 Å². The van der Waals surface area contributed by atoms with Crippen LogP contribution >= 0.6 is 7.14 Å². The fraction of sp³-hybridized carbons (Fsp3) is 0.111. The molecule has 0 bridgehead atoms. The van der Waals surface area contributed by atoms with Gasteiger partial charge in [0, 0.05) is 26.5 Å². The Bertz CT molecular complexity index is 799. The zero-order valence-electron chi connectivity index (χ0n) is 12.8. The minimum atomic E-state index is -2.82. The third-order valence-corrected chi connectivity index (χ3v) is 6.65. The maximum atomic E-state index is 13.8. The van der Waals surface area contributed by atoms with Crippen LogP contribution in [0.4, 0.5) is 0 Å². The highest BCUT2D eigenvalue weighted by Gasteiger charge is 2.28. The summed E-state index contributed by atoms with van der Waals surface area (Å²) in [6.07, 6.45) is 5.81. The SMILES string of the molecule is Cn1cccc1P(=O)(C=Cc1ccccc1)c1cccn1C. The fourth-order valence-corrected chi connectivity index (χ4v) is 5.23. The van der Waals surface area contributed by atoms with Crippen molar-refractivity contribution < 1.29 is 4.57 Å². The van der Waals surface area contributed by atoms with Crippen LogP contribution in [0.1, 0.15) is 5.56 Å². The van der Waals surface area contributed by atoms with Crippen LogP contribution in [-0.4, -0.2) is 9.13 Å². The van der Waals surface area contributed by atoms with E-state index in [0.29, 0.717) is 0 Å². The first-order valence-electron chi connectivity index (χ1n) is 7.19. The van der Waals surface area contributed by atoms with Crippen molar-refractivity contribution in [2.24, 2.45) is 14.1 Å². The molecule has 112 valence electrons. The van der Waals surface area contributed by atoms with Crippen molar-refractivity contribution in [3.05, 3.63) is 78.4 Å². The molecule has 0 aliphatic rings. The third kappa shape index (κ3) is 2.60. The lowest BCUT2D eigenvalue weighted by Gasteiger charge is -2.17. The van der Waals surface area contributed by atoms with Crippen molar-refractivity contribution in [2.75, 3.05) is 0 Å². The van der Waals surface area contributed by atoms with Crippen molar-refractivity contribution >= 4 is 24.1 Å². The Morgan fingerprint density at radius 1 is 0.818 bits per heavy atom. The molecule has 0 radical (unpaired) electrons. The van der Waals surface area contributed by atoms with Gasteiger partial charge in [0.2, 0.25) is 0 Å². The van der Waals surface area contributed by atoms with Gasteiger partial charge in [0.1, 0.15) is 0 Å². The van der Waals surface area contributed by atoms with Gasteiger partial charge < -0.3 is 13.7 Å². The Hall–Kier alpha value is -2.25. The number of nitrogens with zero attached hydrogens (tertiary/aromatic N) is 2. The molecular formula is C18H19N2OP. The number of aromatic nitrogens is 2. The Morgan fingerprint density at radius 2 is 1.36 bits per heavy atom. The molecule has 22 heavy (non-hydrogen) atoms. The van der Waals surface area contributed by atoms with Crippen LogP contribution in [0.25, 0.3) is 6.08 Å². The summed E-state index contributed by atoms with van der Waals surface area (Å²) < 4.78 is 17.7. The first kappa shape index (κ1) is 14.7. The maximum absolute atomic E-state index is 13.8. The van der Waals surface area contributed by atoms with Crippen molar-refractivity contribution in [2.45, 2.75) is 0 Å². The summed E-state index contributed by atoms with van der Waals surface area (Å²) in [5.74, 6) is 1.85. The molecule has 3 aromatic rings. The average Bonchev–Trinajstić information content (AvgIpc) is 3.15. The second kappa shape index (κ2) is 5.86. The highest BCUT2D eigenvalue weighted by molar-refractivity contribution is 7.81. The molecule has 0 N–H and O–H groups in total. The second-order valence-electron chi connectivity index (χ2n) is 5.34. The fourth-order valence-electron chi connectivity index (χ4n) is 2.62. The van der Waals surface area contributed by atoms with Crippen LogP contribution < -0.4 is 10.9 Å². The van der Waals surface area contributed by atoms with Crippen LogP contribution in [0, 0.1) is 0 Å². The molecule has 0 spiro atoms. The molecule has 4 heteroatoms. The summed E-state index contributed by atoms with van der Waals surface area (Å²) >= 11 is 0. The van der Waals surface area contributed by atoms with E-state index in [1.807, 2.05) is 102 Å². The van der Waals surface area contributed by atoms with E-state index < -0.39 is 7.14 Å². The maximum Gasteiger partial charge on any atom is 0.195 e. The monoisotopic (exact) mass is 310 g/mol. The Labute approximate surface area is 130 Å². The lowest BCUT2D eigenvalue weighted by atomic mass is 10.2. The van der Waals surface area contributed by atoms with Gasteiger partial charge in [-0.15, -0.1) is 0 Å². The largest absolute Gasteiger partial charge is 0.348 e. The van der Waals surface area contributed by atoms with E-state index in [1.165, 1.54) is 0 Å². The minimum absolute atomic E-state index is 0.835. The summed E-state index contributed by atoms with van der Waals surface area (Å²) in [6, 6.07) is 17.7. The second-order valence-corrected chi connectivity index (χ2v) is 7.87. The Morgan fingerprint density at radius 3 is 1.82 bits per heavy atom. The molecule has 1 aromatic carbocycles. The van der Waals surface area contributed by atoms with Gasteiger partial charge in [-0.3, -0.25) is 0 Å².